The van der Waals surface area contributed by atoms with Gasteiger partial charge >= 0.3 is 0 Å². The summed E-state index contributed by atoms with van der Waals surface area (Å²) in [5.74, 6) is -0.114. The molecule has 2 nitrogen and oxygen atoms in total. The molecule has 0 amide bonds. The van der Waals surface area contributed by atoms with Crippen LogP contribution in [0.2, 0.25) is 0 Å². The molecule has 16 heavy (non-hydrogen) atoms. The lowest BCUT2D eigenvalue weighted by Gasteiger charge is -2.09. The Morgan fingerprint density at radius 1 is 1.38 bits per heavy atom. The summed E-state index contributed by atoms with van der Waals surface area (Å²) in [5.41, 5.74) is 7.77. The second kappa shape index (κ2) is 3.32. The molecule has 0 saturated heterocycles. The standard InChI is InChI=1S/C13H15FN2/c14-11-7-10-2-6-16-12(10)8-9(11)1-3-13(15)4-5-13/h2,6-8,16H,1,3-5,15H2. The van der Waals surface area contributed by atoms with E-state index in [1.807, 2.05) is 18.3 Å². The molecule has 2 aromatic rings. The third-order valence-electron chi connectivity index (χ3n) is 3.50. The van der Waals surface area contributed by atoms with Crippen LogP contribution >= 0.6 is 0 Å². The highest BCUT2D eigenvalue weighted by Crippen LogP contribution is 2.36. The Bertz CT molecular complexity index is 526. The molecular weight excluding hydrogens is 203 g/mol. The fraction of sp³-hybridized carbons (Fsp3) is 0.385. The van der Waals surface area contributed by atoms with Gasteiger partial charge < -0.3 is 10.7 Å². The van der Waals surface area contributed by atoms with Gasteiger partial charge in [0.1, 0.15) is 5.82 Å². The van der Waals surface area contributed by atoms with Gasteiger partial charge in [-0.05, 0) is 49.4 Å². The van der Waals surface area contributed by atoms with E-state index in [2.05, 4.69) is 4.98 Å². The first-order chi connectivity index (χ1) is 7.66. The van der Waals surface area contributed by atoms with Crippen molar-refractivity contribution < 1.29 is 4.39 Å². The Balaban J connectivity index is 1.87. The van der Waals surface area contributed by atoms with Crippen LogP contribution in [0.1, 0.15) is 24.8 Å². The van der Waals surface area contributed by atoms with E-state index in [1.54, 1.807) is 6.07 Å². The minimum absolute atomic E-state index is 0.00284. The monoisotopic (exact) mass is 218 g/mol. The van der Waals surface area contributed by atoms with Crippen LogP contribution in [-0.2, 0) is 6.42 Å². The van der Waals surface area contributed by atoms with Gasteiger partial charge in [0.25, 0.3) is 0 Å². The molecule has 1 aliphatic carbocycles. The van der Waals surface area contributed by atoms with Crippen LogP contribution in [0.3, 0.4) is 0 Å². The van der Waals surface area contributed by atoms with Crippen LogP contribution in [0.15, 0.2) is 24.4 Å². The summed E-state index contributed by atoms with van der Waals surface area (Å²) in [4.78, 5) is 3.10. The maximum absolute atomic E-state index is 13.7. The fourth-order valence-corrected chi connectivity index (χ4v) is 2.10. The maximum atomic E-state index is 13.7. The largest absolute Gasteiger partial charge is 0.361 e. The molecule has 1 heterocycles. The summed E-state index contributed by atoms with van der Waals surface area (Å²) in [7, 11) is 0. The average Bonchev–Trinajstić information content (AvgIpc) is 2.82. The normalized spacial score (nSPS) is 17.9. The molecule has 0 radical (unpaired) electrons. The quantitative estimate of drug-likeness (QED) is 0.817. The lowest BCUT2D eigenvalue weighted by Crippen LogP contribution is -2.22. The van der Waals surface area contributed by atoms with Crippen molar-refractivity contribution in [1.82, 2.24) is 4.98 Å². The highest BCUT2D eigenvalue weighted by Gasteiger charge is 2.37. The Morgan fingerprint density at radius 3 is 2.94 bits per heavy atom. The predicted molar refractivity (Wildman–Crippen MR) is 62.7 cm³/mol. The lowest BCUT2D eigenvalue weighted by molar-refractivity contribution is 0.572. The Morgan fingerprint density at radius 2 is 2.19 bits per heavy atom. The van der Waals surface area contributed by atoms with Crippen molar-refractivity contribution >= 4 is 10.9 Å². The van der Waals surface area contributed by atoms with E-state index in [1.165, 1.54) is 0 Å². The number of nitrogens with one attached hydrogen (secondary N) is 1. The van der Waals surface area contributed by atoms with Gasteiger partial charge in [-0.2, -0.15) is 0 Å². The molecule has 0 spiro atoms. The number of hydrogen-bond acceptors (Lipinski definition) is 1. The molecule has 1 aromatic heterocycles. The molecule has 1 fully saturated rings. The molecule has 1 aliphatic rings. The summed E-state index contributed by atoms with van der Waals surface area (Å²) >= 11 is 0. The van der Waals surface area contributed by atoms with Crippen molar-refractivity contribution in [1.29, 1.82) is 0 Å². The number of H-pyrrole nitrogens is 1. The zero-order chi connectivity index (χ0) is 11.2. The fourth-order valence-electron chi connectivity index (χ4n) is 2.10. The zero-order valence-corrected chi connectivity index (χ0v) is 9.09. The lowest BCUT2D eigenvalue weighted by atomic mass is 10.0. The number of halogens is 1. The maximum Gasteiger partial charge on any atom is 0.127 e. The molecule has 0 unspecified atom stereocenters. The van der Waals surface area contributed by atoms with Crippen molar-refractivity contribution in [2.45, 2.75) is 31.2 Å². The second-order valence-corrected chi connectivity index (χ2v) is 4.87. The zero-order valence-electron chi connectivity index (χ0n) is 9.09. The number of benzene rings is 1. The van der Waals surface area contributed by atoms with E-state index in [9.17, 15) is 4.39 Å². The van der Waals surface area contributed by atoms with Gasteiger partial charge in [0.05, 0.1) is 0 Å². The third kappa shape index (κ3) is 1.71. The van der Waals surface area contributed by atoms with Gasteiger partial charge in [0, 0.05) is 22.6 Å². The molecule has 0 aliphatic heterocycles. The number of hydrogen-bond donors (Lipinski definition) is 2. The summed E-state index contributed by atoms with van der Waals surface area (Å²) in [6.07, 6.45) is 5.62. The van der Waals surface area contributed by atoms with E-state index in [0.717, 1.165) is 42.1 Å². The molecule has 0 atom stereocenters. The Hall–Kier alpha value is -1.35. The van der Waals surface area contributed by atoms with E-state index >= 15 is 0 Å². The van der Waals surface area contributed by atoms with Gasteiger partial charge in [-0.15, -0.1) is 0 Å². The number of aromatic nitrogens is 1. The summed E-state index contributed by atoms with van der Waals surface area (Å²) < 4.78 is 13.7. The van der Waals surface area contributed by atoms with Gasteiger partial charge in [0.15, 0.2) is 0 Å². The minimum Gasteiger partial charge on any atom is -0.361 e. The minimum atomic E-state index is -0.114. The van der Waals surface area contributed by atoms with Crippen LogP contribution in [-0.4, -0.2) is 10.5 Å². The molecule has 84 valence electrons. The number of aromatic amines is 1. The first-order valence-electron chi connectivity index (χ1n) is 5.71. The average molecular weight is 218 g/mol. The van der Waals surface area contributed by atoms with Crippen LogP contribution < -0.4 is 5.73 Å². The topological polar surface area (TPSA) is 41.8 Å². The SMILES string of the molecule is NC1(CCc2cc3[nH]ccc3cc2F)CC1. The predicted octanol–water partition coefficient (Wildman–Crippen LogP) is 2.73. The van der Waals surface area contributed by atoms with E-state index in [0.29, 0.717) is 0 Å². The molecule has 3 rings (SSSR count). The highest BCUT2D eigenvalue weighted by atomic mass is 19.1. The van der Waals surface area contributed by atoms with E-state index in [-0.39, 0.29) is 11.4 Å². The summed E-state index contributed by atoms with van der Waals surface area (Å²) in [5, 5.41) is 0.926. The van der Waals surface area contributed by atoms with Gasteiger partial charge in [-0.1, -0.05) is 0 Å². The highest BCUT2D eigenvalue weighted by molar-refractivity contribution is 5.80. The van der Waals surface area contributed by atoms with Crippen LogP contribution in [0.25, 0.3) is 10.9 Å². The van der Waals surface area contributed by atoms with Crippen molar-refractivity contribution in [3.05, 3.63) is 35.8 Å². The first kappa shape index (κ1) is 9.85. The molecule has 1 saturated carbocycles. The molecule has 0 bridgehead atoms. The Kier molecular flexibility index (Phi) is 2.04. The molecular formula is C13H15FN2. The van der Waals surface area contributed by atoms with Crippen LogP contribution in [0.4, 0.5) is 4.39 Å². The number of rotatable bonds is 3. The van der Waals surface area contributed by atoms with Crippen LogP contribution in [0.5, 0.6) is 0 Å². The second-order valence-electron chi connectivity index (χ2n) is 4.87. The van der Waals surface area contributed by atoms with E-state index in [4.69, 9.17) is 5.73 Å². The first-order valence-corrected chi connectivity index (χ1v) is 5.71. The molecule has 3 heteroatoms. The van der Waals surface area contributed by atoms with Gasteiger partial charge in [-0.25, -0.2) is 4.39 Å². The van der Waals surface area contributed by atoms with Crippen molar-refractivity contribution in [2.24, 2.45) is 5.73 Å². The third-order valence-corrected chi connectivity index (χ3v) is 3.50. The summed E-state index contributed by atoms with van der Waals surface area (Å²) in [6, 6.07) is 5.38. The van der Waals surface area contributed by atoms with Gasteiger partial charge in [0.2, 0.25) is 0 Å². The number of nitrogens with two attached hydrogens (primary N) is 1. The van der Waals surface area contributed by atoms with Gasteiger partial charge in [-0.3, -0.25) is 0 Å². The van der Waals surface area contributed by atoms with Crippen molar-refractivity contribution in [3.63, 3.8) is 0 Å². The Labute approximate surface area is 93.6 Å². The van der Waals surface area contributed by atoms with Crippen molar-refractivity contribution in [2.75, 3.05) is 0 Å². The summed E-state index contributed by atoms with van der Waals surface area (Å²) in [6.45, 7) is 0. The van der Waals surface area contributed by atoms with Crippen molar-refractivity contribution in [3.8, 4) is 0 Å². The molecule has 1 aromatic carbocycles. The smallest absolute Gasteiger partial charge is 0.127 e. The van der Waals surface area contributed by atoms with E-state index < -0.39 is 0 Å². The molecule has 3 N–H and O–H groups in total. The number of aryl methyl sites for hydroxylation is 1. The van der Waals surface area contributed by atoms with Crippen LogP contribution in [0, 0.1) is 5.82 Å². The number of fused-ring (bicyclic) bond motifs is 1.